The molecule has 0 aromatic carbocycles. The van der Waals surface area contributed by atoms with E-state index in [4.69, 9.17) is 4.98 Å². The van der Waals surface area contributed by atoms with Crippen LogP contribution >= 0.6 is 0 Å². The molecule has 112 valence electrons. The van der Waals surface area contributed by atoms with Crippen molar-refractivity contribution >= 4 is 5.82 Å². The van der Waals surface area contributed by atoms with Crippen LogP contribution in [0.1, 0.15) is 68.2 Å². The number of fused-ring (bicyclic) bond motifs is 1. The second-order valence-corrected chi connectivity index (χ2v) is 6.53. The minimum atomic E-state index is 0.719. The van der Waals surface area contributed by atoms with Gasteiger partial charge in [-0.15, -0.1) is 0 Å². The highest BCUT2D eigenvalue weighted by Crippen LogP contribution is 2.28. The molecular weight excluding hydrogens is 258 g/mol. The van der Waals surface area contributed by atoms with Crippen LogP contribution in [0, 0.1) is 17.2 Å². The summed E-state index contributed by atoms with van der Waals surface area (Å²) in [6.07, 6.45) is 12.8. The molecule has 1 N–H and O–H groups in total. The molecule has 2 aliphatic carbocycles. The lowest BCUT2D eigenvalue weighted by atomic mass is 9.95. The van der Waals surface area contributed by atoms with E-state index < -0.39 is 0 Å². The molecule has 0 saturated heterocycles. The molecule has 1 saturated carbocycles. The van der Waals surface area contributed by atoms with Gasteiger partial charge in [0.15, 0.2) is 0 Å². The van der Waals surface area contributed by atoms with Gasteiger partial charge in [-0.1, -0.05) is 25.7 Å². The molecule has 3 nitrogen and oxygen atoms in total. The van der Waals surface area contributed by atoms with Gasteiger partial charge in [-0.2, -0.15) is 5.26 Å². The topological polar surface area (TPSA) is 48.7 Å². The summed E-state index contributed by atoms with van der Waals surface area (Å²) < 4.78 is 0. The van der Waals surface area contributed by atoms with Crippen LogP contribution in [0.5, 0.6) is 0 Å². The van der Waals surface area contributed by atoms with Gasteiger partial charge in [0.1, 0.15) is 11.9 Å². The maximum atomic E-state index is 9.32. The predicted octanol–water partition coefficient (Wildman–Crippen LogP) is 4.21. The Labute approximate surface area is 127 Å². The molecule has 21 heavy (non-hydrogen) atoms. The van der Waals surface area contributed by atoms with Crippen LogP contribution in [-0.2, 0) is 12.8 Å². The number of pyridine rings is 1. The van der Waals surface area contributed by atoms with Gasteiger partial charge >= 0.3 is 0 Å². The predicted molar refractivity (Wildman–Crippen MR) is 85.3 cm³/mol. The Morgan fingerprint density at radius 1 is 1.19 bits per heavy atom. The molecule has 0 atom stereocenters. The molecule has 0 unspecified atom stereocenters. The average molecular weight is 283 g/mol. The van der Waals surface area contributed by atoms with E-state index in [9.17, 15) is 5.26 Å². The first-order valence-corrected chi connectivity index (χ1v) is 8.53. The summed E-state index contributed by atoms with van der Waals surface area (Å²) in [4.78, 5) is 4.72. The van der Waals surface area contributed by atoms with E-state index in [1.807, 2.05) is 0 Å². The van der Waals surface area contributed by atoms with Gasteiger partial charge in [-0.05, 0) is 56.1 Å². The highest BCUT2D eigenvalue weighted by molar-refractivity contribution is 5.54. The van der Waals surface area contributed by atoms with Gasteiger partial charge in [0.25, 0.3) is 0 Å². The van der Waals surface area contributed by atoms with E-state index >= 15 is 0 Å². The fraction of sp³-hybridized carbons (Fsp3) is 0.667. The Kier molecular flexibility index (Phi) is 4.75. The van der Waals surface area contributed by atoms with Gasteiger partial charge < -0.3 is 5.32 Å². The van der Waals surface area contributed by atoms with Crippen LogP contribution in [0.2, 0.25) is 0 Å². The van der Waals surface area contributed by atoms with E-state index in [0.717, 1.165) is 36.7 Å². The number of hydrogen-bond donors (Lipinski definition) is 1. The molecular formula is C18H25N3. The third-order valence-corrected chi connectivity index (χ3v) is 4.98. The zero-order valence-corrected chi connectivity index (χ0v) is 12.8. The lowest BCUT2D eigenvalue weighted by Crippen LogP contribution is -2.12. The first kappa shape index (κ1) is 14.4. The minimum absolute atomic E-state index is 0.719. The second kappa shape index (κ2) is 6.93. The van der Waals surface area contributed by atoms with E-state index in [1.165, 1.54) is 62.6 Å². The molecule has 1 fully saturated rings. The van der Waals surface area contributed by atoms with Crippen molar-refractivity contribution in [3.63, 3.8) is 0 Å². The summed E-state index contributed by atoms with van der Waals surface area (Å²) in [6.45, 7) is 0.941. The molecule has 0 amide bonds. The van der Waals surface area contributed by atoms with E-state index in [-0.39, 0.29) is 0 Å². The number of nitrogens with one attached hydrogen (secondary N) is 1. The fourth-order valence-electron chi connectivity index (χ4n) is 3.75. The normalized spacial score (nSPS) is 18.2. The summed E-state index contributed by atoms with van der Waals surface area (Å²) in [6, 6.07) is 4.36. The van der Waals surface area contributed by atoms with Crippen LogP contribution in [0.3, 0.4) is 0 Å². The molecule has 2 aliphatic rings. The van der Waals surface area contributed by atoms with Crippen molar-refractivity contribution in [1.82, 2.24) is 4.98 Å². The monoisotopic (exact) mass is 283 g/mol. The van der Waals surface area contributed by atoms with Crippen molar-refractivity contribution < 1.29 is 0 Å². The van der Waals surface area contributed by atoms with E-state index in [2.05, 4.69) is 17.5 Å². The van der Waals surface area contributed by atoms with Crippen molar-refractivity contribution in [2.24, 2.45) is 5.92 Å². The number of anilines is 1. The Morgan fingerprint density at radius 3 is 2.81 bits per heavy atom. The van der Waals surface area contributed by atoms with Gasteiger partial charge in [0.05, 0.1) is 5.56 Å². The highest BCUT2D eigenvalue weighted by atomic mass is 15.0. The number of hydrogen-bond acceptors (Lipinski definition) is 3. The highest BCUT2D eigenvalue weighted by Gasteiger charge is 2.16. The Bertz CT molecular complexity index is 524. The first-order chi connectivity index (χ1) is 10.4. The fourth-order valence-corrected chi connectivity index (χ4v) is 3.75. The summed E-state index contributed by atoms with van der Waals surface area (Å²) in [7, 11) is 0. The second-order valence-electron chi connectivity index (χ2n) is 6.53. The van der Waals surface area contributed by atoms with Crippen molar-refractivity contribution in [1.29, 1.82) is 5.26 Å². The smallest absolute Gasteiger partial charge is 0.144 e. The molecule has 3 heteroatoms. The van der Waals surface area contributed by atoms with Crippen LogP contribution in [0.25, 0.3) is 0 Å². The molecule has 1 heterocycles. The lowest BCUT2D eigenvalue weighted by molar-refractivity contribution is 0.491. The number of aryl methyl sites for hydroxylation is 2. The van der Waals surface area contributed by atoms with Crippen LogP contribution < -0.4 is 5.32 Å². The Morgan fingerprint density at radius 2 is 2.00 bits per heavy atom. The van der Waals surface area contributed by atoms with E-state index in [0.29, 0.717) is 0 Å². The molecule has 0 radical (unpaired) electrons. The lowest BCUT2D eigenvalue weighted by Gasteiger charge is -2.17. The number of nitriles is 1. The summed E-state index contributed by atoms with van der Waals surface area (Å²) in [5.74, 6) is 1.75. The molecule has 0 aliphatic heterocycles. The summed E-state index contributed by atoms with van der Waals surface area (Å²) in [5.41, 5.74) is 3.21. The average Bonchev–Trinajstić information content (AvgIpc) is 3.04. The third-order valence-electron chi connectivity index (χ3n) is 4.98. The maximum Gasteiger partial charge on any atom is 0.144 e. The number of rotatable bonds is 5. The quantitative estimate of drug-likeness (QED) is 0.823. The molecule has 0 bridgehead atoms. The largest absolute Gasteiger partial charge is 0.369 e. The van der Waals surface area contributed by atoms with Gasteiger partial charge in [-0.3, -0.25) is 0 Å². The zero-order chi connectivity index (χ0) is 14.5. The van der Waals surface area contributed by atoms with Gasteiger partial charge in [0, 0.05) is 12.2 Å². The van der Waals surface area contributed by atoms with E-state index in [1.54, 1.807) is 0 Å². The summed E-state index contributed by atoms with van der Waals surface area (Å²) >= 11 is 0. The number of aromatic nitrogens is 1. The van der Waals surface area contributed by atoms with Crippen LogP contribution in [0.4, 0.5) is 5.82 Å². The van der Waals surface area contributed by atoms with Crippen LogP contribution in [-0.4, -0.2) is 11.5 Å². The van der Waals surface area contributed by atoms with Crippen molar-refractivity contribution in [2.45, 2.75) is 64.2 Å². The Hall–Kier alpha value is -1.56. The standard InChI is InChI=1S/C18H25N3/c19-13-16-12-15-9-3-4-10-17(15)21-18(16)20-11-5-8-14-6-1-2-7-14/h12,14H,1-11H2,(H,20,21). The zero-order valence-electron chi connectivity index (χ0n) is 12.8. The van der Waals surface area contributed by atoms with Crippen molar-refractivity contribution in [3.8, 4) is 6.07 Å². The van der Waals surface area contributed by atoms with Crippen molar-refractivity contribution in [2.75, 3.05) is 11.9 Å². The first-order valence-electron chi connectivity index (χ1n) is 8.53. The van der Waals surface area contributed by atoms with Crippen LogP contribution in [0.15, 0.2) is 6.07 Å². The minimum Gasteiger partial charge on any atom is -0.369 e. The number of nitrogens with zero attached hydrogens (tertiary/aromatic N) is 2. The molecule has 3 rings (SSSR count). The summed E-state index contributed by atoms with van der Waals surface area (Å²) in [5, 5.41) is 12.7. The van der Waals surface area contributed by atoms with Gasteiger partial charge in [-0.25, -0.2) is 4.98 Å². The third kappa shape index (κ3) is 3.56. The van der Waals surface area contributed by atoms with Crippen molar-refractivity contribution in [3.05, 3.63) is 22.9 Å². The molecule has 1 aromatic heterocycles. The molecule has 0 spiro atoms. The molecule has 1 aromatic rings. The van der Waals surface area contributed by atoms with Gasteiger partial charge in [0.2, 0.25) is 0 Å². The Balaban J connectivity index is 1.57. The maximum absolute atomic E-state index is 9.32. The SMILES string of the molecule is N#Cc1cc2c(nc1NCCCC1CCCC1)CCCC2.